The van der Waals surface area contributed by atoms with Crippen molar-refractivity contribution in [2.45, 2.75) is 37.8 Å². The number of rotatable bonds is 7. The average molecular weight is 375 g/mol. The van der Waals surface area contributed by atoms with Crippen LogP contribution in [0.3, 0.4) is 0 Å². The molecule has 4 N–H and O–H groups in total. The van der Waals surface area contributed by atoms with E-state index in [2.05, 4.69) is 18.1 Å². The quantitative estimate of drug-likeness (QED) is 0.532. The molecular formula is C14H21N3O5S2. The highest BCUT2D eigenvalue weighted by Crippen LogP contribution is 2.13. The van der Waals surface area contributed by atoms with Crippen LogP contribution in [0.5, 0.6) is 0 Å². The number of amides is 2. The topological polar surface area (TPSA) is 130 Å². The van der Waals surface area contributed by atoms with Crippen molar-refractivity contribution in [1.82, 2.24) is 9.62 Å². The van der Waals surface area contributed by atoms with E-state index in [1.807, 2.05) is 6.92 Å². The third-order valence-electron chi connectivity index (χ3n) is 3.58. The van der Waals surface area contributed by atoms with E-state index in [1.54, 1.807) is 6.92 Å². The molecule has 2 atom stereocenters. The first-order valence-electron chi connectivity index (χ1n) is 7.17. The molecule has 134 valence electrons. The Kier molecular flexibility index (Phi) is 7.06. The highest BCUT2D eigenvalue weighted by Gasteiger charge is 2.26. The average Bonchev–Trinajstić information content (AvgIpc) is 2.50. The number of nitrogens with zero attached hydrogens (tertiary/aromatic N) is 1. The summed E-state index contributed by atoms with van der Waals surface area (Å²) in [4.78, 5) is 23.3. The molecule has 24 heavy (non-hydrogen) atoms. The Morgan fingerprint density at radius 3 is 2.29 bits per heavy atom. The number of carboxylic acid groups (broad SMARTS) is 1. The number of nitrogens with one attached hydrogen (secondary N) is 1. The summed E-state index contributed by atoms with van der Waals surface area (Å²) in [6, 6.07) is 3.98. The van der Waals surface area contributed by atoms with Gasteiger partial charge in [0.2, 0.25) is 10.0 Å². The molecule has 0 radical (unpaired) electrons. The molecule has 0 saturated carbocycles. The zero-order valence-electron chi connectivity index (χ0n) is 13.3. The second-order valence-corrected chi connectivity index (χ2v) is 7.44. The first kappa shape index (κ1) is 20.3. The second-order valence-electron chi connectivity index (χ2n) is 5.40. The predicted molar refractivity (Wildman–Crippen MR) is 91.8 cm³/mol. The lowest BCUT2D eigenvalue weighted by molar-refractivity contribution is -0.140. The predicted octanol–water partition coefficient (Wildman–Crippen LogP) is 1.19. The molecular weight excluding hydrogens is 354 g/mol. The minimum atomic E-state index is -3.78. The number of primary sulfonamides is 1. The summed E-state index contributed by atoms with van der Waals surface area (Å²) in [5.41, 5.74) is 0.614. The smallest absolute Gasteiger partial charge is 0.328 e. The monoisotopic (exact) mass is 375 g/mol. The van der Waals surface area contributed by atoms with Gasteiger partial charge >= 0.3 is 12.0 Å². The lowest BCUT2D eigenvalue weighted by atomic mass is 9.99. The summed E-state index contributed by atoms with van der Waals surface area (Å²) in [6.45, 7) is 3.62. The summed E-state index contributed by atoms with van der Waals surface area (Å²) >= 11 is 4.05. The number of thiol groups is 1. The maximum Gasteiger partial charge on any atom is 0.328 e. The SMILES string of the molecule is CCC(C)C(NC(=O)N(S)Cc1ccc(S(N)(=O)=O)cc1)C(=O)O. The Morgan fingerprint density at radius 2 is 1.88 bits per heavy atom. The van der Waals surface area contributed by atoms with E-state index in [1.165, 1.54) is 24.3 Å². The fraction of sp³-hybridized carbons (Fsp3) is 0.429. The van der Waals surface area contributed by atoms with E-state index in [9.17, 15) is 23.1 Å². The lowest BCUT2D eigenvalue weighted by Crippen LogP contribution is -2.48. The van der Waals surface area contributed by atoms with Crippen LogP contribution in [0, 0.1) is 5.92 Å². The van der Waals surface area contributed by atoms with Crippen molar-refractivity contribution in [3.63, 3.8) is 0 Å². The van der Waals surface area contributed by atoms with Crippen LogP contribution in [0.25, 0.3) is 0 Å². The van der Waals surface area contributed by atoms with E-state index >= 15 is 0 Å². The summed E-state index contributed by atoms with van der Waals surface area (Å²) in [6.07, 6.45) is 0.596. The highest BCUT2D eigenvalue weighted by molar-refractivity contribution is 7.89. The van der Waals surface area contributed by atoms with Gasteiger partial charge < -0.3 is 10.4 Å². The van der Waals surface area contributed by atoms with Gasteiger partial charge in [0.15, 0.2) is 0 Å². The Bertz CT molecular complexity index is 691. The van der Waals surface area contributed by atoms with E-state index in [0.29, 0.717) is 12.0 Å². The molecule has 0 saturated heterocycles. The number of sulfonamides is 1. The molecule has 10 heteroatoms. The van der Waals surface area contributed by atoms with Crippen molar-refractivity contribution in [1.29, 1.82) is 0 Å². The number of nitrogens with two attached hydrogens (primary N) is 1. The third-order valence-corrected chi connectivity index (χ3v) is 4.83. The van der Waals surface area contributed by atoms with Crippen molar-refractivity contribution < 1.29 is 23.1 Å². The molecule has 0 fully saturated rings. The first-order chi connectivity index (χ1) is 11.1. The van der Waals surface area contributed by atoms with Crippen LogP contribution in [0.15, 0.2) is 29.2 Å². The minimum Gasteiger partial charge on any atom is -0.480 e. The van der Waals surface area contributed by atoms with Gasteiger partial charge in [0.05, 0.1) is 11.4 Å². The van der Waals surface area contributed by atoms with Gasteiger partial charge in [0, 0.05) is 0 Å². The van der Waals surface area contributed by atoms with Gasteiger partial charge in [0.25, 0.3) is 0 Å². The number of aliphatic carboxylic acids is 1. The van der Waals surface area contributed by atoms with Crippen LogP contribution >= 0.6 is 12.8 Å². The van der Waals surface area contributed by atoms with Gasteiger partial charge in [-0.25, -0.2) is 23.1 Å². The second kappa shape index (κ2) is 8.36. The Hall–Kier alpha value is -1.78. The zero-order valence-corrected chi connectivity index (χ0v) is 15.0. The van der Waals surface area contributed by atoms with Crippen LogP contribution < -0.4 is 10.5 Å². The summed E-state index contributed by atoms with van der Waals surface area (Å²) in [5, 5.41) is 16.6. The van der Waals surface area contributed by atoms with Gasteiger partial charge in [-0.2, -0.15) is 0 Å². The molecule has 1 rings (SSSR count). The fourth-order valence-corrected chi connectivity index (χ4v) is 2.66. The van der Waals surface area contributed by atoms with Gasteiger partial charge in [-0.3, -0.25) is 4.31 Å². The van der Waals surface area contributed by atoms with Crippen LogP contribution in [-0.2, 0) is 21.4 Å². The molecule has 0 spiro atoms. The lowest BCUT2D eigenvalue weighted by Gasteiger charge is -2.23. The van der Waals surface area contributed by atoms with E-state index < -0.39 is 28.1 Å². The molecule has 1 aromatic rings. The molecule has 0 aromatic heterocycles. The van der Waals surface area contributed by atoms with E-state index in [-0.39, 0.29) is 17.4 Å². The number of urea groups is 1. The summed E-state index contributed by atoms with van der Waals surface area (Å²) in [7, 11) is -3.78. The van der Waals surface area contributed by atoms with Gasteiger partial charge in [-0.1, -0.05) is 45.2 Å². The van der Waals surface area contributed by atoms with Crippen molar-refractivity contribution in [3.05, 3.63) is 29.8 Å². The molecule has 0 aliphatic heterocycles. The molecule has 0 bridgehead atoms. The Balaban J connectivity index is 2.74. The maximum absolute atomic E-state index is 12.1. The van der Waals surface area contributed by atoms with Crippen LogP contribution in [-0.4, -0.2) is 35.9 Å². The number of benzene rings is 1. The molecule has 0 aliphatic rings. The molecule has 2 unspecified atom stereocenters. The largest absolute Gasteiger partial charge is 0.480 e. The number of hydrogen-bond acceptors (Lipinski definition) is 5. The van der Waals surface area contributed by atoms with Crippen molar-refractivity contribution >= 4 is 34.8 Å². The number of hydrogen-bond donors (Lipinski definition) is 4. The van der Waals surface area contributed by atoms with Gasteiger partial charge in [0.1, 0.15) is 6.04 Å². The Labute approximate surface area is 146 Å². The van der Waals surface area contributed by atoms with Crippen molar-refractivity contribution in [3.8, 4) is 0 Å². The zero-order chi connectivity index (χ0) is 18.5. The summed E-state index contributed by atoms with van der Waals surface area (Å²) in [5.74, 6) is -1.35. The fourth-order valence-electron chi connectivity index (χ4n) is 1.92. The van der Waals surface area contributed by atoms with Gasteiger partial charge in [-0.15, -0.1) is 0 Å². The number of carbonyl (C=O) groups is 2. The highest BCUT2D eigenvalue weighted by atomic mass is 32.2. The molecule has 0 heterocycles. The standard InChI is InChI=1S/C14H21N3O5S2/c1-3-9(2)12(13(18)19)16-14(20)17(23)8-10-4-6-11(7-5-10)24(15,21)22/h4-7,9,12,23H,3,8H2,1-2H3,(H,16,20)(H,18,19)(H2,15,21,22). The van der Waals surface area contributed by atoms with Crippen molar-refractivity contribution in [2.24, 2.45) is 11.1 Å². The molecule has 8 nitrogen and oxygen atoms in total. The molecule has 2 amide bonds. The maximum atomic E-state index is 12.1. The van der Waals surface area contributed by atoms with Crippen LogP contribution in [0.4, 0.5) is 4.79 Å². The van der Waals surface area contributed by atoms with E-state index in [4.69, 9.17) is 5.14 Å². The minimum absolute atomic E-state index is 0.0378. The number of carbonyl (C=O) groups excluding carboxylic acids is 1. The van der Waals surface area contributed by atoms with E-state index in [0.717, 1.165) is 4.31 Å². The van der Waals surface area contributed by atoms with Gasteiger partial charge in [-0.05, 0) is 23.6 Å². The van der Waals surface area contributed by atoms with Crippen LogP contribution in [0.1, 0.15) is 25.8 Å². The van der Waals surface area contributed by atoms with Crippen molar-refractivity contribution in [2.75, 3.05) is 0 Å². The number of carboxylic acids is 1. The summed E-state index contributed by atoms with van der Waals surface area (Å²) < 4.78 is 23.4. The molecule has 0 aliphatic carbocycles. The van der Waals surface area contributed by atoms with Crippen LogP contribution in [0.2, 0.25) is 0 Å². The Morgan fingerprint density at radius 1 is 1.33 bits per heavy atom. The third kappa shape index (κ3) is 5.69. The normalized spacial score (nSPS) is 13.8. The first-order valence-corrected chi connectivity index (χ1v) is 9.12. The molecule has 1 aromatic carbocycles.